The lowest BCUT2D eigenvalue weighted by atomic mass is 9.93. The number of para-hydroxylation sites is 2. The minimum absolute atomic E-state index is 0.0928. The first-order valence-corrected chi connectivity index (χ1v) is 11.1. The van der Waals surface area contributed by atoms with Crippen LogP contribution in [0.1, 0.15) is 48.7 Å². The summed E-state index contributed by atoms with van der Waals surface area (Å²) in [5.41, 5.74) is 3.35. The van der Waals surface area contributed by atoms with E-state index in [1.807, 2.05) is 54.7 Å². The SMILES string of the molecule is CCOc1ccccc1NC(=O)NC(C)c1c(-n2cccc2)sc2c1CCCC2. The van der Waals surface area contributed by atoms with Crippen molar-refractivity contribution in [1.29, 1.82) is 0 Å². The molecule has 5 nitrogen and oxygen atoms in total. The number of benzene rings is 1. The number of rotatable bonds is 6. The highest BCUT2D eigenvalue weighted by Gasteiger charge is 2.26. The number of ether oxygens (including phenoxy) is 1. The number of carbonyl (C=O) groups excluding carboxylic acids is 1. The molecule has 1 aliphatic carbocycles. The fourth-order valence-corrected chi connectivity index (χ4v) is 5.41. The van der Waals surface area contributed by atoms with Gasteiger partial charge in [-0.2, -0.15) is 0 Å². The Bertz CT molecular complexity index is 978. The Kier molecular flexibility index (Phi) is 5.90. The van der Waals surface area contributed by atoms with Crippen LogP contribution in [-0.4, -0.2) is 17.2 Å². The number of carbonyl (C=O) groups is 1. The number of amides is 2. The second-order valence-electron chi connectivity index (χ2n) is 7.27. The maximum Gasteiger partial charge on any atom is 0.319 e. The minimum Gasteiger partial charge on any atom is -0.492 e. The molecule has 0 fully saturated rings. The van der Waals surface area contributed by atoms with E-state index in [-0.39, 0.29) is 12.1 Å². The van der Waals surface area contributed by atoms with E-state index in [0.29, 0.717) is 18.0 Å². The number of urea groups is 1. The number of hydrogen-bond acceptors (Lipinski definition) is 3. The molecule has 0 saturated carbocycles. The summed E-state index contributed by atoms with van der Waals surface area (Å²) in [6.07, 6.45) is 8.83. The molecular weight excluding hydrogens is 382 g/mol. The van der Waals surface area contributed by atoms with Gasteiger partial charge in [0.1, 0.15) is 10.8 Å². The maximum absolute atomic E-state index is 12.8. The molecule has 1 aliphatic rings. The monoisotopic (exact) mass is 409 g/mol. The van der Waals surface area contributed by atoms with Gasteiger partial charge in [0.25, 0.3) is 0 Å². The van der Waals surface area contributed by atoms with E-state index in [1.165, 1.54) is 33.8 Å². The molecule has 152 valence electrons. The Balaban J connectivity index is 1.56. The van der Waals surface area contributed by atoms with Crippen molar-refractivity contribution in [3.63, 3.8) is 0 Å². The van der Waals surface area contributed by atoms with Crippen LogP contribution >= 0.6 is 11.3 Å². The Morgan fingerprint density at radius 2 is 1.93 bits per heavy atom. The second kappa shape index (κ2) is 8.74. The van der Waals surface area contributed by atoms with Gasteiger partial charge in [0, 0.05) is 22.8 Å². The van der Waals surface area contributed by atoms with Crippen LogP contribution in [0.2, 0.25) is 0 Å². The van der Waals surface area contributed by atoms with Gasteiger partial charge in [0.2, 0.25) is 0 Å². The molecule has 4 rings (SSSR count). The number of fused-ring (bicyclic) bond motifs is 1. The summed E-state index contributed by atoms with van der Waals surface area (Å²) in [6, 6.07) is 11.3. The zero-order chi connectivity index (χ0) is 20.2. The minimum atomic E-state index is -0.223. The molecule has 1 aromatic carbocycles. The van der Waals surface area contributed by atoms with Crippen molar-refractivity contribution >= 4 is 23.1 Å². The fourth-order valence-electron chi connectivity index (χ4n) is 3.96. The average molecular weight is 410 g/mol. The van der Waals surface area contributed by atoms with Gasteiger partial charge < -0.3 is 19.9 Å². The number of thiophene rings is 1. The second-order valence-corrected chi connectivity index (χ2v) is 8.35. The van der Waals surface area contributed by atoms with Gasteiger partial charge in [-0.3, -0.25) is 0 Å². The normalized spacial score (nSPS) is 14.1. The first-order chi connectivity index (χ1) is 14.2. The summed E-state index contributed by atoms with van der Waals surface area (Å²) in [5, 5.41) is 7.30. The topological polar surface area (TPSA) is 55.3 Å². The van der Waals surface area contributed by atoms with Crippen LogP contribution in [0.4, 0.5) is 10.5 Å². The molecule has 0 aliphatic heterocycles. The van der Waals surface area contributed by atoms with Gasteiger partial charge in [-0.25, -0.2) is 4.79 Å². The van der Waals surface area contributed by atoms with Gasteiger partial charge in [-0.05, 0) is 69.4 Å². The van der Waals surface area contributed by atoms with Crippen molar-refractivity contribution in [2.45, 2.75) is 45.6 Å². The molecule has 0 bridgehead atoms. The van der Waals surface area contributed by atoms with Gasteiger partial charge in [0.05, 0.1) is 18.3 Å². The van der Waals surface area contributed by atoms with E-state index < -0.39 is 0 Å². The van der Waals surface area contributed by atoms with E-state index >= 15 is 0 Å². The van der Waals surface area contributed by atoms with Crippen molar-refractivity contribution in [2.75, 3.05) is 11.9 Å². The third-order valence-corrected chi connectivity index (χ3v) is 6.57. The number of hydrogen-bond donors (Lipinski definition) is 2. The molecule has 2 heterocycles. The molecular formula is C23H27N3O2S. The Labute approximate surface area is 175 Å². The van der Waals surface area contributed by atoms with Crippen LogP contribution in [-0.2, 0) is 12.8 Å². The van der Waals surface area contributed by atoms with E-state index in [1.54, 1.807) is 0 Å². The zero-order valence-corrected chi connectivity index (χ0v) is 17.7. The van der Waals surface area contributed by atoms with E-state index in [9.17, 15) is 4.79 Å². The van der Waals surface area contributed by atoms with Crippen LogP contribution in [0.5, 0.6) is 5.75 Å². The summed E-state index contributed by atoms with van der Waals surface area (Å²) < 4.78 is 7.78. The van der Waals surface area contributed by atoms with Crippen molar-refractivity contribution in [3.8, 4) is 10.8 Å². The summed E-state index contributed by atoms with van der Waals surface area (Å²) in [7, 11) is 0. The summed E-state index contributed by atoms with van der Waals surface area (Å²) in [5.74, 6) is 0.679. The smallest absolute Gasteiger partial charge is 0.319 e. The molecule has 0 saturated heterocycles. The maximum atomic E-state index is 12.8. The average Bonchev–Trinajstić information content (AvgIpc) is 3.37. The quantitative estimate of drug-likeness (QED) is 0.549. The Hall–Kier alpha value is -2.73. The van der Waals surface area contributed by atoms with E-state index in [2.05, 4.69) is 34.5 Å². The Morgan fingerprint density at radius 1 is 1.17 bits per heavy atom. The number of nitrogens with one attached hydrogen (secondary N) is 2. The number of aromatic nitrogens is 1. The third kappa shape index (κ3) is 4.17. The van der Waals surface area contributed by atoms with Crippen molar-refractivity contribution in [1.82, 2.24) is 9.88 Å². The lowest BCUT2D eigenvalue weighted by Crippen LogP contribution is -2.32. The first-order valence-electron chi connectivity index (χ1n) is 10.2. The lowest BCUT2D eigenvalue weighted by Gasteiger charge is -2.20. The molecule has 2 N–H and O–H groups in total. The molecule has 3 aromatic rings. The van der Waals surface area contributed by atoms with Gasteiger partial charge in [-0.1, -0.05) is 12.1 Å². The zero-order valence-electron chi connectivity index (χ0n) is 16.9. The number of anilines is 1. The molecule has 29 heavy (non-hydrogen) atoms. The van der Waals surface area contributed by atoms with E-state index in [0.717, 1.165) is 12.8 Å². The molecule has 1 unspecified atom stereocenters. The highest BCUT2D eigenvalue weighted by atomic mass is 32.1. The summed E-state index contributed by atoms with van der Waals surface area (Å²) in [4.78, 5) is 14.2. The van der Waals surface area contributed by atoms with Crippen LogP contribution in [0.25, 0.3) is 5.00 Å². The van der Waals surface area contributed by atoms with E-state index in [4.69, 9.17) is 4.74 Å². The molecule has 2 amide bonds. The van der Waals surface area contributed by atoms with Gasteiger partial charge >= 0.3 is 6.03 Å². The molecule has 1 atom stereocenters. The lowest BCUT2D eigenvalue weighted by molar-refractivity contribution is 0.249. The van der Waals surface area contributed by atoms with Crippen molar-refractivity contribution in [3.05, 3.63) is 64.8 Å². The molecule has 0 spiro atoms. The van der Waals surface area contributed by atoms with Crippen molar-refractivity contribution < 1.29 is 9.53 Å². The van der Waals surface area contributed by atoms with Crippen LogP contribution in [0.3, 0.4) is 0 Å². The van der Waals surface area contributed by atoms with Crippen LogP contribution in [0.15, 0.2) is 48.8 Å². The predicted octanol–water partition coefficient (Wildman–Crippen LogP) is 5.70. The van der Waals surface area contributed by atoms with Crippen LogP contribution < -0.4 is 15.4 Å². The highest BCUT2D eigenvalue weighted by molar-refractivity contribution is 7.15. The number of aryl methyl sites for hydroxylation is 1. The van der Waals surface area contributed by atoms with Gasteiger partial charge in [0.15, 0.2) is 0 Å². The molecule has 6 heteroatoms. The van der Waals surface area contributed by atoms with Gasteiger partial charge in [-0.15, -0.1) is 11.3 Å². The third-order valence-electron chi connectivity index (χ3n) is 5.25. The fraction of sp³-hybridized carbons (Fsp3) is 0.348. The number of nitrogens with zero attached hydrogens (tertiary/aromatic N) is 1. The highest BCUT2D eigenvalue weighted by Crippen LogP contribution is 2.40. The Morgan fingerprint density at radius 3 is 2.72 bits per heavy atom. The largest absolute Gasteiger partial charge is 0.492 e. The van der Waals surface area contributed by atoms with Crippen molar-refractivity contribution in [2.24, 2.45) is 0 Å². The molecule has 0 radical (unpaired) electrons. The predicted molar refractivity (Wildman–Crippen MR) is 118 cm³/mol. The molecule has 2 aromatic heterocycles. The van der Waals surface area contributed by atoms with Crippen LogP contribution in [0, 0.1) is 0 Å². The summed E-state index contributed by atoms with van der Waals surface area (Å²) in [6.45, 7) is 4.55. The standard InChI is InChI=1S/C23H27N3O2S/c1-3-28-19-12-6-5-11-18(19)25-23(27)24-16(2)21-17-10-4-7-13-20(17)29-22(21)26-14-8-9-15-26/h5-6,8-9,11-12,14-16H,3-4,7,10,13H2,1-2H3,(H2,24,25,27). The first kappa shape index (κ1) is 19.6. The summed E-state index contributed by atoms with van der Waals surface area (Å²) >= 11 is 1.86.